The summed E-state index contributed by atoms with van der Waals surface area (Å²) in [7, 11) is -3.81. The van der Waals surface area contributed by atoms with Crippen molar-refractivity contribution >= 4 is 27.5 Å². The fourth-order valence-corrected chi connectivity index (χ4v) is 2.33. The maximum absolute atomic E-state index is 10.9. The molecule has 0 amide bonds. The summed E-state index contributed by atoms with van der Waals surface area (Å²) in [4.78, 5) is 0. The molecule has 0 fully saturated rings. The molecule has 6 heteroatoms. The predicted molar refractivity (Wildman–Crippen MR) is 73.6 cm³/mol. The summed E-state index contributed by atoms with van der Waals surface area (Å²) in [6.45, 7) is 0. The van der Waals surface area contributed by atoms with Gasteiger partial charge < -0.3 is 0 Å². The molecular formula is C12H11ClN2O2S. The zero-order valence-corrected chi connectivity index (χ0v) is 10.9. The molecule has 0 spiro atoms. The Labute approximate surface area is 111 Å². The lowest BCUT2D eigenvalue weighted by atomic mass is 10.1. The minimum Gasteiger partial charge on any atom is -0.270 e. The topological polar surface area (TPSA) is 72.2 Å². The van der Waals surface area contributed by atoms with Crippen molar-refractivity contribution in [2.24, 2.45) is 5.14 Å². The van der Waals surface area contributed by atoms with Crippen LogP contribution in [0.1, 0.15) is 0 Å². The van der Waals surface area contributed by atoms with E-state index in [4.69, 9.17) is 16.7 Å². The van der Waals surface area contributed by atoms with Crippen LogP contribution < -0.4 is 9.86 Å². The van der Waals surface area contributed by atoms with E-state index in [9.17, 15) is 8.42 Å². The van der Waals surface area contributed by atoms with E-state index in [0.717, 1.165) is 11.1 Å². The van der Waals surface area contributed by atoms with E-state index < -0.39 is 10.2 Å². The van der Waals surface area contributed by atoms with E-state index in [2.05, 4.69) is 4.72 Å². The van der Waals surface area contributed by atoms with Crippen LogP contribution >= 0.6 is 11.6 Å². The first kappa shape index (κ1) is 12.9. The van der Waals surface area contributed by atoms with Gasteiger partial charge in [-0.2, -0.15) is 8.42 Å². The van der Waals surface area contributed by atoms with Crippen molar-refractivity contribution in [3.8, 4) is 11.1 Å². The van der Waals surface area contributed by atoms with E-state index in [1.807, 2.05) is 30.3 Å². The van der Waals surface area contributed by atoms with Gasteiger partial charge in [0.1, 0.15) is 0 Å². The largest absolute Gasteiger partial charge is 0.296 e. The van der Waals surface area contributed by atoms with Crippen LogP contribution in [0.15, 0.2) is 48.5 Å². The van der Waals surface area contributed by atoms with Gasteiger partial charge in [0.05, 0.1) is 10.7 Å². The molecule has 94 valence electrons. The summed E-state index contributed by atoms with van der Waals surface area (Å²) >= 11 is 6.00. The summed E-state index contributed by atoms with van der Waals surface area (Å²) in [6.07, 6.45) is 0. The number of nitrogens with two attached hydrogens (primary N) is 1. The van der Waals surface area contributed by atoms with Crippen LogP contribution in [-0.2, 0) is 10.2 Å². The number of halogens is 1. The molecule has 0 aliphatic carbocycles. The van der Waals surface area contributed by atoms with Gasteiger partial charge in [-0.05, 0) is 23.3 Å². The molecule has 0 bridgehead atoms. The molecule has 0 atom stereocenters. The predicted octanol–water partition coefficient (Wildman–Crippen LogP) is 2.62. The molecular weight excluding hydrogens is 272 g/mol. The van der Waals surface area contributed by atoms with E-state index in [0.29, 0.717) is 5.02 Å². The Kier molecular flexibility index (Phi) is 3.56. The summed E-state index contributed by atoms with van der Waals surface area (Å²) in [5.41, 5.74) is 2.17. The Morgan fingerprint density at radius 1 is 1.00 bits per heavy atom. The minimum absolute atomic E-state index is 0.263. The van der Waals surface area contributed by atoms with Crippen molar-refractivity contribution in [1.82, 2.24) is 0 Å². The summed E-state index contributed by atoms with van der Waals surface area (Å²) in [5.74, 6) is 0. The second-order valence-electron chi connectivity index (χ2n) is 3.71. The average molecular weight is 283 g/mol. The lowest BCUT2D eigenvalue weighted by Crippen LogP contribution is -2.21. The molecule has 0 heterocycles. The standard InChI is InChI=1S/C12H11ClN2O2S/c13-11-8-10(9-4-2-1-3-5-9)6-7-12(11)15-18(14,16)17/h1-8,15H,(H2,14,16,17). The van der Waals surface area contributed by atoms with E-state index in [-0.39, 0.29) is 5.69 Å². The molecule has 0 aliphatic heterocycles. The first-order valence-electron chi connectivity index (χ1n) is 5.11. The van der Waals surface area contributed by atoms with Gasteiger partial charge in [0.15, 0.2) is 0 Å². The highest BCUT2D eigenvalue weighted by Gasteiger charge is 2.07. The molecule has 18 heavy (non-hydrogen) atoms. The normalized spacial score (nSPS) is 11.2. The van der Waals surface area contributed by atoms with Crippen LogP contribution in [0.4, 0.5) is 5.69 Å². The Balaban J connectivity index is 2.37. The van der Waals surface area contributed by atoms with Crippen molar-refractivity contribution in [3.63, 3.8) is 0 Å². The van der Waals surface area contributed by atoms with Crippen molar-refractivity contribution in [3.05, 3.63) is 53.6 Å². The van der Waals surface area contributed by atoms with Gasteiger partial charge in [-0.15, -0.1) is 0 Å². The monoisotopic (exact) mass is 282 g/mol. The van der Waals surface area contributed by atoms with Gasteiger partial charge in [-0.3, -0.25) is 4.72 Å². The van der Waals surface area contributed by atoms with Crippen LogP contribution in [-0.4, -0.2) is 8.42 Å². The summed E-state index contributed by atoms with van der Waals surface area (Å²) in [5, 5.41) is 5.18. The van der Waals surface area contributed by atoms with Gasteiger partial charge in [0.25, 0.3) is 10.2 Å². The molecule has 2 rings (SSSR count). The quantitative estimate of drug-likeness (QED) is 0.908. The fourth-order valence-electron chi connectivity index (χ4n) is 1.56. The molecule has 0 unspecified atom stereocenters. The number of hydrogen-bond donors (Lipinski definition) is 2. The highest BCUT2D eigenvalue weighted by Crippen LogP contribution is 2.28. The summed E-state index contributed by atoms with van der Waals surface area (Å²) in [6, 6.07) is 14.7. The first-order valence-corrected chi connectivity index (χ1v) is 7.04. The van der Waals surface area contributed by atoms with Crippen LogP contribution in [0.2, 0.25) is 5.02 Å². The van der Waals surface area contributed by atoms with Crippen LogP contribution in [0.3, 0.4) is 0 Å². The van der Waals surface area contributed by atoms with Crippen molar-refractivity contribution in [1.29, 1.82) is 0 Å². The molecule has 4 nitrogen and oxygen atoms in total. The zero-order chi connectivity index (χ0) is 13.2. The Bertz CT molecular complexity index is 657. The maximum Gasteiger partial charge on any atom is 0.296 e. The molecule has 2 aromatic carbocycles. The van der Waals surface area contributed by atoms with Crippen molar-refractivity contribution in [2.75, 3.05) is 4.72 Å². The molecule has 2 aromatic rings. The lowest BCUT2D eigenvalue weighted by Gasteiger charge is -2.08. The van der Waals surface area contributed by atoms with Gasteiger partial charge in [-0.1, -0.05) is 48.0 Å². The highest BCUT2D eigenvalue weighted by molar-refractivity contribution is 7.90. The molecule has 3 N–H and O–H groups in total. The second-order valence-corrected chi connectivity index (χ2v) is 5.41. The molecule has 0 saturated carbocycles. The van der Waals surface area contributed by atoms with E-state index in [1.165, 1.54) is 0 Å². The van der Waals surface area contributed by atoms with Gasteiger partial charge in [0, 0.05) is 0 Å². The van der Waals surface area contributed by atoms with Gasteiger partial charge in [-0.25, -0.2) is 5.14 Å². The van der Waals surface area contributed by atoms with E-state index in [1.54, 1.807) is 18.2 Å². The number of hydrogen-bond acceptors (Lipinski definition) is 2. The van der Waals surface area contributed by atoms with Gasteiger partial charge in [0.2, 0.25) is 0 Å². The van der Waals surface area contributed by atoms with Crippen LogP contribution in [0.5, 0.6) is 0 Å². The molecule has 0 saturated heterocycles. The Morgan fingerprint density at radius 3 is 2.22 bits per heavy atom. The Hall–Kier alpha value is -1.56. The van der Waals surface area contributed by atoms with Crippen molar-refractivity contribution in [2.45, 2.75) is 0 Å². The van der Waals surface area contributed by atoms with Gasteiger partial charge >= 0.3 is 0 Å². The fraction of sp³-hybridized carbons (Fsp3) is 0. The maximum atomic E-state index is 10.9. The third-order valence-corrected chi connectivity index (χ3v) is 3.15. The average Bonchev–Trinajstić information content (AvgIpc) is 2.31. The third kappa shape index (κ3) is 3.22. The molecule has 0 aromatic heterocycles. The minimum atomic E-state index is -3.81. The SMILES string of the molecule is NS(=O)(=O)Nc1ccc(-c2ccccc2)cc1Cl. The number of benzene rings is 2. The number of anilines is 1. The third-order valence-electron chi connectivity index (χ3n) is 2.33. The van der Waals surface area contributed by atoms with Crippen LogP contribution in [0, 0.1) is 0 Å². The van der Waals surface area contributed by atoms with E-state index >= 15 is 0 Å². The summed E-state index contributed by atoms with van der Waals surface area (Å²) < 4.78 is 24.0. The number of nitrogens with one attached hydrogen (secondary N) is 1. The number of rotatable bonds is 3. The lowest BCUT2D eigenvalue weighted by molar-refractivity contribution is 0.603. The molecule has 0 radical (unpaired) electrons. The first-order chi connectivity index (χ1) is 8.46. The second kappa shape index (κ2) is 4.97. The Morgan fingerprint density at radius 2 is 1.67 bits per heavy atom. The van der Waals surface area contributed by atoms with Crippen LogP contribution in [0.25, 0.3) is 11.1 Å². The molecule has 0 aliphatic rings. The zero-order valence-electron chi connectivity index (χ0n) is 9.30. The van der Waals surface area contributed by atoms with Crippen molar-refractivity contribution < 1.29 is 8.42 Å². The smallest absolute Gasteiger partial charge is 0.270 e. The highest BCUT2D eigenvalue weighted by atomic mass is 35.5.